The molecule has 6 heteroatoms. The van der Waals surface area contributed by atoms with Crippen LogP contribution in [0.25, 0.3) is 11.3 Å². The highest BCUT2D eigenvalue weighted by Gasteiger charge is 2.10. The Morgan fingerprint density at radius 1 is 1.50 bits per heavy atom. The van der Waals surface area contributed by atoms with E-state index in [0.29, 0.717) is 11.7 Å². The van der Waals surface area contributed by atoms with Gasteiger partial charge in [0.05, 0.1) is 12.3 Å². The molecule has 0 spiro atoms. The van der Waals surface area contributed by atoms with E-state index in [2.05, 4.69) is 15.3 Å². The molecule has 0 saturated carbocycles. The van der Waals surface area contributed by atoms with Crippen molar-refractivity contribution in [2.24, 2.45) is 0 Å². The summed E-state index contributed by atoms with van der Waals surface area (Å²) in [5.74, 6) is 0. The number of nitrogens with zero attached hydrogens (tertiary/aromatic N) is 2. The predicted molar refractivity (Wildman–Crippen MR) is 80.0 cm³/mol. The predicted octanol–water partition coefficient (Wildman–Crippen LogP) is 3.86. The molecule has 0 aromatic carbocycles. The number of nitrogens with one attached hydrogen (secondary N) is 1. The highest BCUT2D eigenvalue weighted by Crippen LogP contribution is 2.26. The maximum atomic E-state index is 11.5. The van der Waals surface area contributed by atoms with Crippen LogP contribution >= 0.6 is 11.3 Å². The van der Waals surface area contributed by atoms with Crippen LogP contribution in [0, 0.1) is 6.92 Å². The van der Waals surface area contributed by atoms with Crippen molar-refractivity contribution in [3.05, 3.63) is 29.4 Å². The number of carbonyl (C=O) groups excluding carboxylic acids is 1. The smallest absolute Gasteiger partial charge is 0.413 e. The Hall–Kier alpha value is -1.95. The molecule has 0 fully saturated rings. The third-order valence-corrected chi connectivity index (χ3v) is 3.48. The fraction of sp³-hybridized carbons (Fsp3) is 0.357. The molecule has 0 aliphatic rings. The molecule has 0 radical (unpaired) electrons. The van der Waals surface area contributed by atoms with Crippen LogP contribution in [-0.2, 0) is 4.74 Å². The number of hydrogen-bond donors (Lipinski definition) is 1. The number of pyridine rings is 1. The number of rotatable bonds is 5. The molecule has 1 N–H and O–H groups in total. The van der Waals surface area contributed by atoms with E-state index in [-0.39, 0.29) is 0 Å². The first kappa shape index (κ1) is 14.5. The number of aromatic nitrogens is 2. The highest BCUT2D eigenvalue weighted by atomic mass is 32.1. The molecule has 2 rings (SSSR count). The molecule has 0 aliphatic carbocycles. The topological polar surface area (TPSA) is 64.1 Å². The second-order valence-electron chi connectivity index (χ2n) is 4.29. The van der Waals surface area contributed by atoms with E-state index in [1.165, 1.54) is 11.3 Å². The van der Waals surface area contributed by atoms with Gasteiger partial charge in [0.2, 0.25) is 0 Å². The molecule has 5 nitrogen and oxygen atoms in total. The SMILES string of the molecule is CCCCOC(=O)Nc1nc(-c2cccnc2C)cs1. The van der Waals surface area contributed by atoms with Gasteiger partial charge in [-0.2, -0.15) is 0 Å². The number of anilines is 1. The van der Waals surface area contributed by atoms with Gasteiger partial charge in [-0.25, -0.2) is 9.78 Å². The Morgan fingerprint density at radius 3 is 3.10 bits per heavy atom. The van der Waals surface area contributed by atoms with E-state index in [1.54, 1.807) is 6.20 Å². The van der Waals surface area contributed by atoms with Crippen LogP contribution < -0.4 is 5.32 Å². The van der Waals surface area contributed by atoms with Gasteiger partial charge in [0.1, 0.15) is 0 Å². The second-order valence-corrected chi connectivity index (χ2v) is 5.15. The van der Waals surface area contributed by atoms with E-state index in [1.807, 2.05) is 31.4 Å². The van der Waals surface area contributed by atoms with Crippen LogP contribution in [0.5, 0.6) is 0 Å². The highest BCUT2D eigenvalue weighted by molar-refractivity contribution is 7.14. The molecule has 2 heterocycles. The van der Waals surface area contributed by atoms with Crippen LogP contribution in [0.1, 0.15) is 25.5 Å². The van der Waals surface area contributed by atoms with E-state index in [4.69, 9.17) is 4.74 Å². The fourth-order valence-electron chi connectivity index (χ4n) is 1.64. The molecule has 0 unspecified atom stereocenters. The summed E-state index contributed by atoms with van der Waals surface area (Å²) in [7, 11) is 0. The molecule has 0 bridgehead atoms. The van der Waals surface area contributed by atoms with Crippen molar-refractivity contribution in [3.63, 3.8) is 0 Å². The Bertz CT molecular complexity index is 583. The zero-order chi connectivity index (χ0) is 14.4. The minimum atomic E-state index is -0.456. The number of unbranched alkanes of at least 4 members (excludes halogenated alkanes) is 1. The Morgan fingerprint density at radius 2 is 2.35 bits per heavy atom. The Labute approximate surface area is 122 Å². The lowest BCUT2D eigenvalue weighted by atomic mass is 10.1. The molecular weight excluding hydrogens is 274 g/mol. The van der Waals surface area contributed by atoms with Gasteiger partial charge in [0.25, 0.3) is 0 Å². The van der Waals surface area contributed by atoms with E-state index >= 15 is 0 Å². The van der Waals surface area contributed by atoms with Crippen molar-refractivity contribution in [3.8, 4) is 11.3 Å². The molecule has 1 amide bonds. The zero-order valence-electron chi connectivity index (χ0n) is 11.5. The lowest BCUT2D eigenvalue weighted by Gasteiger charge is -2.03. The zero-order valence-corrected chi connectivity index (χ0v) is 12.4. The minimum absolute atomic E-state index is 0.433. The lowest BCUT2D eigenvalue weighted by molar-refractivity contribution is 0.160. The van der Waals surface area contributed by atoms with Gasteiger partial charge in [0.15, 0.2) is 5.13 Å². The summed E-state index contributed by atoms with van der Waals surface area (Å²) < 4.78 is 5.03. The van der Waals surface area contributed by atoms with Gasteiger partial charge in [0, 0.05) is 22.8 Å². The van der Waals surface area contributed by atoms with Crippen molar-refractivity contribution in [1.29, 1.82) is 0 Å². The number of aryl methyl sites for hydroxylation is 1. The van der Waals surface area contributed by atoms with Crippen LogP contribution in [0.3, 0.4) is 0 Å². The lowest BCUT2D eigenvalue weighted by Crippen LogP contribution is -2.14. The summed E-state index contributed by atoms with van der Waals surface area (Å²) >= 11 is 1.37. The number of thiazole rings is 1. The first-order chi connectivity index (χ1) is 9.70. The quantitative estimate of drug-likeness (QED) is 0.849. The summed E-state index contributed by atoms with van der Waals surface area (Å²) in [5, 5.41) is 5.06. The van der Waals surface area contributed by atoms with Crippen LogP contribution in [0.4, 0.5) is 9.93 Å². The molecule has 20 heavy (non-hydrogen) atoms. The summed E-state index contributed by atoms with van der Waals surface area (Å²) in [6.45, 7) is 4.41. The Kier molecular flexibility index (Phi) is 5.06. The summed E-state index contributed by atoms with van der Waals surface area (Å²) in [4.78, 5) is 20.1. The minimum Gasteiger partial charge on any atom is -0.449 e. The number of amides is 1. The first-order valence-electron chi connectivity index (χ1n) is 6.52. The van der Waals surface area contributed by atoms with E-state index in [9.17, 15) is 4.79 Å². The van der Waals surface area contributed by atoms with Gasteiger partial charge in [-0.05, 0) is 25.5 Å². The van der Waals surface area contributed by atoms with Gasteiger partial charge in [-0.3, -0.25) is 10.3 Å². The van der Waals surface area contributed by atoms with Crippen LogP contribution in [0.15, 0.2) is 23.7 Å². The van der Waals surface area contributed by atoms with E-state index in [0.717, 1.165) is 29.8 Å². The standard InChI is InChI=1S/C14H17N3O2S/c1-3-4-8-19-14(18)17-13-16-12(9-20-13)11-6-5-7-15-10(11)2/h5-7,9H,3-4,8H2,1-2H3,(H,16,17,18). The molecular formula is C14H17N3O2S. The number of ether oxygens (including phenoxy) is 1. The van der Waals surface area contributed by atoms with Crippen molar-refractivity contribution in [1.82, 2.24) is 9.97 Å². The molecule has 106 valence electrons. The molecule has 2 aromatic rings. The third-order valence-electron chi connectivity index (χ3n) is 2.73. The van der Waals surface area contributed by atoms with E-state index < -0.39 is 6.09 Å². The Balaban J connectivity index is 1.99. The van der Waals surface area contributed by atoms with Crippen LogP contribution in [0.2, 0.25) is 0 Å². The first-order valence-corrected chi connectivity index (χ1v) is 7.40. The van der Waals surface area contributed by atoms with Gasteiger partial charge in [-0.1, -0.05) is 13.3 Å². The van der Waals surface area contributed by atoms with Crippen molar-refractivity contribution in [2.75, 3.05) is 11.9 Å². The molecule has 2 aromatic heterocycles. The average Bonchev–Trinajstić information content (AvgIpc) is 2.88. The van der Waals surface area contributed by atoms with Crippen molar-refractivity contribution < 1.29 is 9.53 Å². The molecule has 0 saturated heterocycles. The molecule has 0 aliphatic heterocycles. The summed E-state index contributed by atoms with van der Waals surface area (Å²) in [6, 6.07) is 3.83. The second kappa shape index (κ2) is 7.00. The third kappa shape index (κ3) is 3.77. The number of carbonyl (C=O) groups is 1. The normalized spacial score (nSPS) is 10.3. The van der Waals surface area contributed by atoms with Crippen molar-refractivity contribution >= 4 is 22.6 Å². The van der Waals surface area contributed by atoms with Crippen molar-refractivity contribution in [2.45, 2.75) is 26.7 Å². The fourth-order valence-corrected chi connectivity index (χ4v) is 2.34. The maximum Gasteiger partial charge on any atom is 0.413 e. The summed E-state index contributed by atoms with van der Waals surface area (Å²) in [5.41, 5.74) is 2.69. The van der Waals surface area contributed by atoms with Crippen LogP contribution in [-0.4, -0.2) is 22.7 Å². The average molecular weight is 291 g/mol. The largest absolute Gasteiger partial charge is 0.449 e. The molecule has 0 atom stereocenters. The van der Waals surface area contributed by atoms with Gasteiger partial charge >= 0.3 is 6.09 Å². The van der Waals surface area contributed by atoms with Gasteiger partial charge < -0.3 is 4.74 Å². The van der Waals surface area contributed by atoms with Gasteiger partial charge in [-0.15, -0.1) is 11.3 Å². The monoisotopic (exact) mass is 291 g/mol. The number of hydrogen-bond acceptors (Lipinski definition) is 5. The maximum absolute atomic E-state index is 11.5. The summed E-state index contributed by atoms with van der Waals surface area (Å²) in [6.07, 6.45) is 3.15.